The van der Waals surface area contributed by atoms with Gasteiger partial charge in [-0.1, -0.05) is 42.5 Å². The van der Waals surface area contributed by atoms with Crippen LogP contribution in [0.4, 0.5) is 4.79 Å². The zero-order valence-electron chi connectivity index (χ0n) is 13.5. The Hall–Kier alpha value is -2.49. The Morgan fingerprint density at radius 3 is 2.57 bits per heavy atom. The Balaban J connectivity index is 1.58. The number of hydrogen-bond donors (Lipinski definition) is 1. The van der Waals surface area contributed by atoms with E-state index in [0.29, 0.717) is 6.54 Å². The van der Waals surface area contributed by atoms with E-state index < -0.39 is 0 Å². The summed E-state index contributed by atoms with van der Waals surface area (Å²) in [5, 5.41) is 2.78. The maximum atomic E-state index is 11.6. The fourth-order valence-electron chi connectivity index (χ4n) is 2.25. The SMILES string of the molecule is COc1cccc(COC(=O)NCCCCc2ccccc2)c1. The van der Waals surface area contributed by atoms with E-state index in [9.17, 15) is 4.79 Å². The first-order chi connectivity index (χ1) is 11.3. The van der Waals surface area contributed by atoms with Crippen LogP contribution in [0.2, 0.25) is 0 Å². The molecule has 122 valence electrons. The van der Waals surface area contributed by atoms with Gasteiger partial charge in [-0.25, -0.2) is 4.79 Å². The van der Waals surface area contributed by atoms with Crippen molar-refractivity contribution in [2.45, 2.75) is 25.9 Å². The number of hydrogen-bond acceptors (Lipinski definition) is 3. The number of ether oxygens (including phenoxy) is 2. The van der Waals surface area contributed by atoms with Crippen LogP contribution in [0.15, 0.2) is 54.6 Å². The monoisotopic (exact) mass is 313 g/mol. The summed E-state index contributed by atoms with van der Waals surface area (Å²) in [4.78, 5) is 11.6. The van der Waals surface area contributed by atoms with Crippen molar-refractivity contribution in [3.8, 4) is 5.75 Å². The molecule has 0 saturated carbocycles. The van der Waals surface area contributed by atoms with Gasteiger partial charge in [-0.3, -0.25) is 0 Å². The van der Waals surface area contributed by atoms with Gasteiger partial charge in [0.25, 0.3) is 0 Å². The molecule has 4 nitrogen and oxygen atoms in total. The minimum atomic E-state index is -0.382. The molecule has 0 fully saturated rings. The average molecular weight is 313 g/mol. The molecule has 1 N–H and O–H groups in total. The number of aryl methyl sites for hydroxylation is 1. The second kappa shape index (κ2) is 9.51. The van der Waals surface area contributed by atoms with E-state index in [0.717, 1.165) is 30.6 Å². The minimum Gasteiger partial charge on any atom is -0.497 e. The summed E-state index contributed by atoms with van der Waals surface area (Å²) >= 11 is 0. The second-order valence-corrected chi connectivity index (χ2v) is 5.30. The quantitative estimate of drug-likeness (QED) is 0.751. The molecule has 2 rings (SSSR count). The summed E-state index contributed by atoms with van der Waals surface area (Å²) in [5.41, 5.74) is 2.23. The number of rotatable bonds is 8. The smallest absolute Gasteiger partial charge is 0.407 e. The highest BCUT2D eigenvalue weighted by atomic mass is 16.5. The van der Waals surface area contributed by atoms with Crippen molar-refractivity contribution >= 4 is 6.09 Å². The predicted octanol–water partition coefficient (Wildman–Crippen LogP) is 3.94. The van der Waals surface area contributed by atoms with E-state index in [2.05, 4.69) is 17.4 Å². The van der Waals surface area contributed by atoms with E-state index in [-0.39, 0.29) is 12.7 Å². The van der Waals surface area contributed by atoms with Crippen molar-refractivity contribution in [2.24, 2.45) is 0 Å². The van der Waals surface area contributed by atoms with E-state index in [4.69, 9.17) is 9.47 Å². The summed E-state index contributed by atoms with van der Waals surface area (Å²) in [6, 6.07) is 17.8. The van der Waals surface area contributed by atoms with Gasteiger partial charge in [0.15, 0.2) is 0 Å². The van der Waals surface area contributed by atoms with Gasteiger partial charge in [0, 0.05) is 6.54 Å². The van der Waals surface area contributed by atoms with Crippen LogP contribution in [0.1, 0.15) is 24.0 Å². The number of amides is 1. The molecule has 0 bridgehead atoms. The number of benzene rings is 2. The zero-order valence-corrected chi connectivity index (χ0v) is 13.5. The molecule has 0 aliphatic heterocycles. The van der Waals surface area contributed by atoms with Crippen LogP contribution in [-0.4, -0.2) is 19.7 Å². The molecule has 1 amide bonds. The number of methoxy groups -OCH3 is 1. The maximum Gasteiger partial charge on any atom is 0.407 e. The molecule has 0 saturated heterocycles. The second-order valence-electron chi connectivity index (χ2n) is 5.30. The van der Waals surface area contributed by atoms with Crippen molar-refractivity contribution < 1.29 is 14.3 Å². The standard InChI is InChI=1S/C19H23NO3/c1-22-18-12-7-11-17(14-18)15-23-19(21)20-13-6-5-10-16-8-3-2-4-9-16/h2-4,7-9,11-12,14H,5-6,10,13,15H2,1H3,(H,20,21). The Labute approximate surface area is 137 Å². The van der Waals surface area contributed by atoms with Crippen LogP contribution in [0, 0.1) is 0 Å². The molecule has 0 atom stereocenters. The first kappa shape index (κ1) is 16.9. The lowest BCUT2D eigenvalue weighted by Gasteiger charge is -2.08. The Morgan fingerprint density at radius 1 is 1.00 bits per heavy atom. The molecule has 0 heterocycles. The topological polar surface area (TPSA) is 47.6 Å². The van der Waals surface area contributed by atoms with E-state index in [1.807, 2.05) is 42.5 Å². The first-order valence-electron chi connectivity index (χ1n) is 7.85. The van der Waals surface area contributed by atoms with Gasteiger partial charge in [-0.05, 0) is 42.5 Å². The van der Waals surface area contributed by atoms with Crippen LogP contribution in [0.3, 0.4) is 0 Å². The molecular formula is C19H23NO3. The normalized spacial score (nSPS) is 10.1. The molecule has 0 aliphatic rings. The zero-order chi connectivity index (χ0) is 16.3. The van der Waals surface area contributed by atoms with Gasteiger partial charge >= 0.3 is 6.09 Å². The Bertz CT molecular complexity index is 599. The lowest BCUT2D eigenvalue weighted by atomic mass is 10.1. The fraction of sp³-hybridized carbons (Fsp3) is 0.316. The highest BCUT2D eigenvalue weighted by Crippen LogP contribution is 2.13. The molecule has 2 aromatic rings. The predicted molar refractivity (Wildman–Crippen MR) is 90.6 cm³/mol. The summed E-state index contributed by atoms with van der Waals surface area (Å²) < 4.78 is 10.3. The van der Waals surface area contributed by atoms with Gasteiger partial charge in [-0.15, -0.1) is 0 Å². The van der Waals surface area contributed by atoms with Crippen molar-refractivity contribution in [2.75, 3.05) is 13.7 Å². The summed E-state index contributed by atoms with van der Waals surface area (Å²) in [6.45, 7) is 0.872. The fourth-order valence-corrected chi connectivity index (χ4v) is 2.25. The molecular weight excluding hydrogens is 290 g/mol. The molecule has 0 spiro atoms. The van der Waals surface area contributed by atoms with Crippen LogP contribution < -0.4 is 10.1 Å². The molecule has 23 heavy (non-hydrogen) atoms. The molecule has 0 aromatic heterocycles. The maximum absolute atomic E-state index is 11.6. The Kier molecular flexibility index (Phi) is 6.98. The number of carbonyl (C=O) groups is 1. The van der Waals surface area contributed by atoms with E-state index in [1.165, 1.54) is 5.56 Å². The highest BCUT2D eigenvalue weighted by molar-refractivity contribution is 5.67. The third-order valence-corrected chi connectivity index (χ3v) is 3.51. The number of nitrogens with one attached hydrogen (secondary N) is 1. The number of unbranched alkanes of at least 4 members (excludes halogenated alkanes) is 1. The lowest BCUT2D eigenvalue weighted by molar-refractivity contribution is 0.139. The molecule has 0 unspecified atom stereocenters. The van der Waals surface area contributed by atoms with Crippen molar-refractivity contribution in [3.05, 3.63) is 65.7 Å². The number of carbonyl (C=O) groups excluding carboxylic acids is 1. The van der Waals surface area contributed by atoms with Gasteiger partial charge in [0.05, 0.1) is 7.11 Å². The summed E-state index contributed by atoms with van der Waals surface area (Å²) in [5.74, 6) is 0.757. The third-order valence-electron chi connectivity index (χ3n) is 3.51. The summed E-state index contributed by atoms with van der Waals surface area (Å²) in [6.07, 6.45) is 2.62. The van der Waals surface area contributed by atoms with Gasteiger partial charge < -0.3 is 14.8 Å². The van der Waals surface area contributed by atoms with Crippen LogP contribution in [-0.2, 0) is 17.8 Å². The molecule has 0 aliphatic carbocycles. The van der Waals surface area contributed by atoms with E-state index >= 15 is 0 Å². The van der Waals surface area contributed by atoms with Crippen LogP contribution in [0.5, 0.6) is 5.75 Å². The van der Waals surface area contributed by atoms with Gasteiger partial charge in [0.2, 0.25) is 0 Å². The molecule has 2 aromatic carbocycles. The molecule has 4 heteroatoms. The minimum absolute atomic E-state index is 0.243. The van der Waals surface area contributed by atoms with Crippen molar-refractivity contribution in [1.82, 2.24) is 5.32 Å². The average Bonchev–Trinajstić information content (AvgIpc) is 2.61. The molecule has 0 radical (unpaired) electrons. The summed E-state index contributed by atoms with van der Waals surface area (Å²) in [7, 11) is 1.61. The first-order valence-corrected chi connectivity index (χ1v) is 7.85. The van der Waals surface area contributed by atoms with Gasteiger partial charge in [0.1, 0.15) is 12.4 Å². The van der Waals surface area contributed by atoms with Gasteiger partial charge in [-0.2, -0.15) is 0 Å². The third kappa shape index (κ3) is 6.43. The number of alkyl carbamates (subject to hydrolysis) is 1. The van der Waals surface area contributed by atoms with Crippen LogP contribution in [0.25, 0.3) is 0 Å². The Morgan fingerprint density at radius 2 is 1.78 bits per heavy atom. The van der Waals surface area contributed by atoms with Crippen molar-refractivity contribution in [3.63, 3.8) is 0 Å². The highest BCUT2D eigenvalue weighted by Gasteiger charge is 2.03. The largest absolute Gasteiger partial charge is 0.497 e. The van der Waals surface area contributed by atoms with Crippen LogP contribution >= 0.6 is 0 Å². The van der Waals surface area contributed by atoms with E-state index in [1.54, 1.807) is 7.11 Å². The lowest BCUT2D eigenvalue weighted by Crippen LogP contribution is -2.25. The van der Waals surface area contributed by atoms with Crippen molar-refractivity contribution in [1.29, 1.82) is 0 Å².